The van der Waals surface area contributed by atoms with Crippen LogP contribution in [0.5, 0.6) is 0 Å². The van der Waals surface area contributed by atoms with E-state index in [2.05, 4.69) is 0 Å². The van der Waals surface area contributed by atoms with E-state index in [4.69, 9.17) is 11.6 Å². The summed E-state index contributed by atoms with van der Waals surface area (Å²) in [7, 11) is 0. The third-order valence-electron chi connectivity index (χ3n) is 1.50. The molecule has 2 heteroatoms. The number of allylic oxidation sites excluding steroid dienone is 4. The number of hydrogen-bond acceptors (Lipinski definition) is 1. The van der Waals surface area contributed by atoms with Crippen LogP contribution in [0.15, 0.2) is 22.8 Å². The van der Waals surface area contributed by atoms with Crippen LogP contribution in [0.3, 0.4) is 0 Å². The summed E-state index contributed by atoms with van der Waals surface area (Å²) in [5, 5.41) is 0.842. The largest absolute Gasteiger partial charge is 0.303 e. The molecule has 54 valence electrons. The number of carbonyl (C=O) groups is 1. The molecule has 0 aliphatic heterocycles. The molecule has 1 aliphatic carbocycles. The van der Waals surface area contributed by atoms with Gasteiger partial charge in [-0.05, 0) is 18.4 Å². The Labute approximate surface area is 65.4 Å². The molecule has 1 rings (SSSR count). The second-order valence-electron chi connectivity index (χ2n) is 2.24. The molecule has 0 atom stereocenters. The number of rotatable bonds is 2. The number of aldehydes is 1. The lowest BCUT2D eigenvalue weighted by atomic mass is 10.1. The van der Waals surface area contributed by atoms with Gasteiger partial charge in [0.05, 0.1) is 0 Å². The quantitative estimate of drug-likeness (QED) is 0.562. The van der Waals surface area contributed by atoms with Crippen LogP contribution in [0.25, 0.3) is 0 Å². The molecule has 0 N–H and O–H groups in total. The van der Waals surface area contributed by atoms with Crippen molar-refractivity contribution >= 4 is 17.9 Å². The molecule has 0 aromatic heterocycles. The van der Waals surface area contributed by atoms with Gasteiger partial charge in [0.1, 0.15) is 6.29 Å². The van der Waals surface area contributed by atoms with E-state index in [-0.39, 0.29) is 0 Å². The average molecular weight is 157 g/mol. The molecule has 10 heavy (non-hydrogen) atoms. The lowest BCUT2D eigenvalue weighted by molar-refractivity contribution is -0.107. The van der Waals surface area contributed by atoms with E-state index in [1.165, 1.54) is 0 Å². The molecule has 0 aromatic carbocycles. The maximum atomic E-state index is 10.1. The van der Waals surface area contributed by atoms with Crippen LogP contribution < -0.4 is 0 Å². The Hall–Kier alpha value is -0.560. The van der Waals surface area contributed by atoms with Gasteiger partial charge in [0.25, 0.3) is 0 Å². The van der Waals surface area contributed by atoms with Gasteiger partial charge in [-0.25, -0.2) is 0 Å². The summed E-state index contributed by atoms with van der Waals surface area (Å²) < 4.78 is 0. The molecule has 0 saturated heterocycles. The van der Waals surface area contributed by atoms with Gasteiger partial charge < -0.3 is 4.79 Å². The molecule has 0 radical (unpaired) electrons. The van der Waals surface area contributed by atoms with Crippen molar-refractivity contribution < 1.29 is 4.79 Å². The van der Waals surface area contributed by atoms with Crippen molar-refractivity contribution in [3.05, 3.63) is 22.8 Å². The molecular weight excluding hydrogens is 148 g/mol. The van der Waals surface area contributed by atoms with Crippen molar-refractivity contribution in [1.29, 1.82) is 0 Å². The van der Waals surface area contributed by atoms with Crippen molar-refractivity contribution in [2.45, 2.75) is 19.3 Å². The van der Waals surface area contributed by atoms with Gasteiger partial charge in [-0.3, -0.25) is 0 Å². The minimum absolute atomic E-state index is 0.454. The summed E-state index contributed by atoms with van der Waals surface area (Å²) in [4.78, 5) is 10.1. The maximum absolute atomic E-state index is 10.1. The molecule has 0 bridgehead atoms. The fourth-order valence-corrected chi connectivity index (χ4v) is 1.20. The minimum atomic E-state index is 0.454. The molecule has 0 saturated carbocycles. The lowest BCUT2D eigenvalue weighted by Crippen LogP contribution is -1.90. The van der Waals surface area contributed by atoms with Gasteiger partial charge in [-0.1, -0.05) is 23.8 Å². The molecule has 0 amide bonds. The highest BCUT2D eigenvalue weighted by Gasteiger charge is 2.03. The van der Waals surface area contributed by atoms with Crippen LogP contribution in [0.2, 0.25) is 0 Å². The SMILES string of the molecule is O=CCC1=C(Cl)CCC=C1. The number of halogens is 1. The van der Waals surface area contributed by atoms with E-state index in [9.17, 15) is 4.79 Å². The molecular formula is C8H9ClO. The van der Waals surface area contributed by atoms with Crippen molar-refractivity contribution in [2.24, 2.45) is 0 Å². The van der Waals surface area contributed by atoms with Crippen molar-refractivity contribution in [3.8, 4) is 0 Å². The van der Waals surface area contributed by atoms with Gasteiger partial charge in [0.2, 0.25) is 0 Å². The van der Waals surface area contributed by atoms with Crippen LogP contribution in [-0.4, -0.2) is 6.29 Å². The fourth-order valence-electron chi connectivity index (χ4n) is 0.955. The highest BCUT2D eigenvalue weighted by Crippen LogP contribution is 2.23. The molecule has 0 spiro atoms. The summed E-state index contributed by atoms with van der Waals surface area (Å²) in [5.41, 5.74) is 0.975. The fraction of sp³-hybridized carbons (Fsp3) is 0.375. The van der Waals surface area contributed by atoms with Crippen LogP contribution in [0.4, 0.5) is 0 Å². The van der Waals surface area contributed by atoms with Crippen molar-refractivity contribution in [2.75, 3.05) is 0 Å². The maximum Gasteiger partial charge on any atom is 0.124 e. The van der Waals surface area contributed by atoms with Crippen molar-refractivity contribution in [1.82, 2.24) is 0 Å². The van der Waals surface area contributed by atoms with Crippen LogP contribution in [0, 0.1) is 0 Å². The minimum Gasteiger partial charge on any atom is -0.303 e. The zero-order valence-corrected chi connectivity index (χ0v) is 6.40. The number of hydrogen-bond donors (Lipinski definition) is 0. The van der Waals surface area contributed by atoms with Gasteiger partial charge >= 0.3 is 0 Å². The second-order valence-corrected chi connectivity index (χ2v) is 2.70. The third kappa shape index (κ3) is 1.71. The molecule has 0 aromatic rings. The Morgan fingerprint density at radius 1 is 1.70 bits per heavy atom. The third-order valence-corrected chi connectivity index (χ3v) is 1.93. The van der Waals surface area contributed by atoms with Gasteiger partial charge in [-0.15, -0.1) is 0 Å². The predicted molar refractivity (Wildman–Crippen MR) is 41.9 cm³/mol. The van der Waals surface area contributed by atoms with Crippen LogP contribution >= 0.6 is 11.6 Å². The zero-order valence-electron chi connectivity index (χ0n) is 5.64. The lowest BCUT2D eigenvalue weighted by Gasteiger charge is -2.06. The van der Waals surface area contributed by atoms with Crippen LogP contribution in [0.1, 0.15) is 19.3 Å². The Morgan fingerprint density at radius 2 is 2.50 bits per heavy atom. The van der Waals surface area contributed by atoms with Crippen molar-refractivity contribution in [3.63, 3.8) is 0 Å². The first-order chi connectivity index (χ1) is 4.84. The molecule has 0 unspecified atom stereocenters. The van der Waals surface area contributed by atoms with E-state index in [1.807, 2.05) is 12.2 Å². The average Bonchev–Trinajstić information content (AvgIpc) is 1.94. The Kier molecular flexibility index (Phi) is 2.69. The van der Waals surface area contributed by atoms with E-state index in [1.54, 1.807) is 0 Å². The summed E-state index contributed by atoms with van der Waals surface area (Å²) in [6, 6.07) is 0. The standard InChI is InChI=1S/C8H9ClO/c9-8-4-2-1-3-7(8)5-6-10/h1,3,6H,2,4-5H2. The first kappa shape index (κ1) is 7.55. The summed E-state index contributed by atoms with van der Waals surface area (Å²) >= 11 is 5.83. The predicted octanol–water partition coefficient (Wildman–Crippen LogP) is 2.42. The topological polar surface area (TPSA) is 17.1 Å². The van der Waals surface area contributed by atoms with E-state index in [0.717, 1.165) is 29.7 Å². The summed E-state index contributed by atoms with van der Waals surface area (Å²) in [5.74, 6) is 0. The normalized spacial score (nSPS) is 17.7. The molecule has 1 nitrogen and oxygen atoms in total. The van der Waals surface area contributed by atoms with Crippen LogP contribution in [-0.2, 0) is 4.79 Å². The molecule has 1 aliphatic rings. The smallest absolute Gasteiger partial charge is 0.124 e. The van der Waals surface area contributed by atoms with E-state index >= 15 is 0 Å². The highest BCUT2D eigenvalue weighted by atomic mass is 35.5. The Morgan fingerprint density at radius 3 is 3.10 bits per heavy atom. The van der Waals surface area contributed by atoms with E-state index in [0.29, 0.717) is 6.42 Å². The number of carbonyl (C=O) groups excluding carboxylic acids is 1. The molecule has 0 fully saturated rings. The second kappa shape index (κ2) is 3.57. The highest BCUT2D eigenvalue weighted by molar-refractivity contribution is 6.30. The van der Waals surface area contributed by atoms with Gasteiger partial charge in [0.15, 0.2) is 0 Å². The Balaban J connectivity index is 2.69. The first-order valence-electron chi connectivity index (χ1n) is 3.32. The summed E-state index contributed by atoms with van der Waals surface area (Å²) in [6.07, 6.45) is 7.20. The molecule has 0 heterocycles. The monoisotopic (exact) mass is 156 g/mol. The Bertz CT molecular complexity index is 191. The van der Waals surface area contributed by atoms with Gasteiger partial charge in [-0.2, -0.15) is 0 Å². The van der Waals surface area contributed by atoms with E-state index < -0.39 is 0 Å². The van der Waals surface area contributed by atoms with Gasteiger partial charge in [0, 0.05) is 11.5 Å². The zero-order chi connectivity index (χ0) is 7.40. The first-order valence-corrected chi connectivity index (χ1v) is 3.70. The summed E-state index contributed by atoms with van der Waals surface area (Å²) in [6.45, 7) is 0.